The Hall–Kier alpha value is -2.21. The molecule has 6 nitrogen and oxygen atoms in total. The third-order valence-corrected chi connectivity index (χ3v) is 3.00. The van der Waals surface area contributed by atoms with Crippen LogP contribution in [0, 0.1) is 0 Å². The molecule has 6 heteroatoms. The molecule has 1 fully saturated rings. The van der Waals surface area contributed by atoms with E-state index in [9.17, 15) is 14.4 Å². The second-order valence-corrected chi connectivity index (χ2v) is 4.40. The Morgan fingerprint density at radius 1 is 1.32 bits per heavy atom. The minimum absolute atomic E-state index is 0.220. The predicted molar refractivity (Wildman–Crippen MR) is 67.7 cm³/mol. The van der Waals surface area contributed by atoms with E-state index in [4.69, 9.17) is 5.73 Å². The van der Waals surface area contributed by atoms with Crippen molar-refractivity contribution in [3.63, 3.8) is 0 Å². The number of carbonyl (C=O) groups excluding carboxylic acids is 3. The minimum Gasteiger partial charge on any atom is -0.343 e. The number of amides is 3. The summed E-state index contributed by atoms with van der Waals surface area (Å²) in [5.74, 6) is -1.23. The van der Waals surface area contributed by atoms with E-state index < -0.39 is 23.9 Å². The van der Waals surface area contributed by atoms with Crippen molar-refractivity contribution in [3.8, 4) is 0 Å². The molecule has 0 saturated carbocycles. The van der Waals surface area contributed by atoms with Gasteiger partial charge in [0.25, 0.3) is 0 Å². The first-order chi connectivity index (χ1) is 9.08. The molecule has 1 heterocycles. The van der Waals surface area contributed by atoms with Gasteiger partial charge < -0.3 is 11.1 Å². The zero-order valence-corrected chi connectivity index (χ0v) is 10.3. The lowest BCUT2D eigenvalue weighted by Crippen LogP contribution is -2.53. The number of imide groups is 1. The summed E-state index contributed by atoms with van der Waals surface area (Å²) in [6.45, 7) is 0. The van der Waals surface area contributed by atoms with Crippen molar-refractivity contribution in [1.29, 1.82) is 0 Å². The summed E-state index contributed by atoms with van der Waals surface area (Å²) in [5, 5.41) is 4.74. The van der Waals surface area contributed by atoms with Gasteiger partial charge in [-0.15, -0.1) is 0 Å². The monoisotopic (exact) mass is 261 g/mol. The molecule has 0 radical (unpaired) electrons. The zero-order chi connectivity index (χ0) is 13.8. The Bertz CT molecular complexity index is 501. The van der Waals surface area contributed by atoms with E-state index in [1.54, 1.807) is 24.3 Å². The van der Waals surface area contributed by atoms with Crippen LogP contribution in [0.5, 0.6) is 0 Å². The third kappa shape index (κ3) is 3.17. The number of hydrogen-bond donors (Lipinski definition) is 3. The molecule has 1 aromatic carbocycles. The average Bonchev–Trinajstić information content (AvgIpc) is 2.42. The molecule has 1 aliphatic rings. The van der Waals surface area contributed by atoms with E-state index in [2.05, 4.69) is 10.6 Å². The summed E-state index contributed by atoms with van der Waals surface area (Å²) in [6, 6.07) is 7.37. The summed E-state index contributed by atoms with van der Waals surface area (Å²) in [7, 11) is 0. The number of piperidine rings is 1. The molecule has 0 aromatic heterocycles. The van der Waals surface area contributed by atoms with Crippen molar-refractivity contribution in [3.05, 3.63) is 35.9 Å². The molecule has 1 saturated heterocycles. The SMILES string of the molecule is N[C@H](C(=O)NC1CCC(=O)NC1=O)c1ccccc1. The molecule has 3 amide bonds. The van der Waals surface area contributed by atoms with Crippen molar-refractivity contribution in [2.24, 2.45) is 5.73 Å². The third-order valence-electron chi connectivity index (χ3n) is 3.00. The van der Waals surface area contributed by atoms with Crippen molar-refractivity contribution >= 4 is 17.7 Å². The van der Waals surface area contributed by atoms with Gasteiger partial charge in [0.05, 0.1) is 0 Å². The van der Waals surface area contributed by atoms with Crippen molar-refractivity contribution < 1.29 is 14.4 Å². The summed E-state index contributed by atoms with van der Waals surface area (Å²) < 4.78 is 0. The molecular weight excluding hydrogens is 246 g/mol. The first-order valence-electron chi connectivity index (χ1n) is 6.02. The molecule has 2 rings (SSSR count). The molecule has 100 valence electrons. The van der Waals surface area contributed by atoms with Crippen LogP contribution in [-0.4, -0.2) is 23.8 Å². The van der Waals surface area contributed by atoms with E-state index in [1.807, 2.05) is 6.07 Å². The molecule has 1 unspecified atom stereocenters. The Kier molecular flexibility index (Phi) is 3.91. The van der Waals surface area contributed by atoms with Gasteiger partial charge in [-0.05, 0) is 12.0 Å². The van der Waals surface area contributed by atoms with Gasteiger partial charge in [0.15, 0.2) is 0 Å². The highest BCUT2D eigenvalue weighted by Crippen LogP contribution is 2.11. The van der Waals surface area contributed by atoms with Crippen LogP contribution in [0.25, 0.3) is 0 Å². The number of carbonyl (C=O) groups is 3. The maximum atomic E-state index is 11.9. The Morgan fingerprint density at radius 3 is 2.63 bits per heavy atom. The van der Waals surface area contributed by atoms with Crippen LogP contribution < -0.4 is 16.4 Å². The van der Waals surface area contributed by atoms with Crippen molar-refractivity contribution in [2.75, 3.05) is 0 Å². The van der Waals surface area contributed by atoms with Crippen molar-refractivity contribution in [1.82, 2.24) is 10.6 Å². The average molecular weight is 261 g/mol. The van der Waals surface area contributed by atoms with E-state index in [0.29, 0.717) is 12.0 Å². The molecule has 0 spiro atoms. The Labute approximate surface area is 110 Å². The van der Waals surface area contributed by atoms with Gasteiger partial charge in [-0.3, -0.25) is 19.7 Å². The molecular formula is C13H15N3O3. The number of nitrogens with two attached hydrogens (primary N) is 1. The molecule has 0 bridgehead atoms. The first-order valence-corrected chi connectivity index (χ1v) is 6.02. The highest BCUT2D eigenvalue weighted by molar-refractivity contribution is 6.02. The van der Waals surface area contributed by atoms with Gasteiger partial charge in [-0.2, -0.15) is 0 Å². The predicted octanol–water partition coefficient (Wildman–Crippen LogP) is -0.392. The fourth-order valence-electron chi connectivity index (χ4n) is 1.90. The number of rotatable bonds is 3. The van der Waals surface area contributed by atoms with Crippen molar-refractivity contribution in [2.45, 2.75) is 24.9 Å². The molecule has 2 atom stereocenters. The fraction of sp³-hybridized carbons (Fsp3) is 0.308. The van der Waals surface area contributed by atoms with Gasteiger partial charge in [-0.1, -0.05) is 30.3 Å². The maximum Gasteiger partial charge on any atom is 0.249 e. The summed E-state index contributed by atoms with van der Waals surface area (Å²) in [5.41, 5.74) is 6.49. The maximum absolute atomic E-state index is 11.9. The van der Waals surface area contributed by atoms with E-state index in [1.165, 1.54) is 0 Å². The lowest BCUT2D eigenvalue weighted by molar-refractivity contribution is -0.137. The zero-order valence-electron chi connectivity index (χ0n) is 10.3. The van der Waals surface area contributed by atoms with Gasteiger partial charge in [-0.25, -0.2) is 0 Å². The highest BCUT2D eigenvalue weighted by atomic mass is 16.2. The molecule has 4 N–H and O–H groups in total. The summed E-state index contributed by atoms with van der Waals surface area (Å²) in [4.78, 5) is 34.4. The van der Waals surface area contributed by atoms with Gasteiger partial charge >= 0.3 is 0 Å². The largest absolute Gasteiger partial charge is 0.343 e. The van der Waals surface area contributed by atoms with Gasteiger partial charge in [0.2, 0.25) is 17.7 Å². The van der Waals surface area contributed by atoms with E-state index >= 15 is 0 Å². The summed E-state index contributed by atoms with van der Waals surface area (Å²) >= 11 is 0. The summed E-state index contributed by atoms with van der Waals surface area (Å²) in [6.07, 6.45) is 0.523. The quantitative estimate of drug-likeness (QED) is 0.645. The van der Waals surface area contributed by atoms with Gasteiger partial charge in [0.1, 0.15) is 12.1 Å². The number of nitrogens with one attached hydrogen (secondary N) is 2. The Morgan fingerprint density at radius 2 is 2.00 bits per heavy atom. The van der Waals surface area contributed by atoms with Crippen LogP contribution in [0.4, 0.5) is 0 Å². The van der Waals surface area contributed by atoms with Crippen LogP contribution in [0.2, 0.25) is 0 Å². The fourth-order valence-corrected chi connectivity index (χ4v) is 1.90. The van der Waals surface area contributed by atoms with Crippen LogP contribution in [-0.2, 0) is 14.4 Å². The molecule has 1 aromatic rings. The minimum atomic E-state index is -0.827. The Balaban J connectivity index is 1.98. The van der Waals surface area contributed by atoms with E-state index in [-0.39, 0.29) is 12.3 Å². The van der Waals surface area contributed by atoms with Crippen LogP contribution in [0.3, 0.4) is 0 Å². The highest BCUT2D eigenvalue weighted by Gasteiger charge is 2.29. The normalized spacial score (nSPS) is 20.6. The van der Waals surface area contributed by atoms with Crippen LogP contribution in [0.1, 0.15) is 24.4 Å². The van der Waals surface area contributed by atoms with E-state index in [0.717, 1.165) is 0 Å². The smallest absolute Gasteiger partial charge is 0.249 e. The van der Waals surface area contributed by atoms with Crippen LogP contribution in [0.15, 0.2) is 30.3 Å². The molecule has 1 aliphatic heterocycles. The molecule has 0 aliphatic carbocycles. The second-order valence-electron chi connectivity index (χ2n) is 4.40. The topological polar surface area (TPSA) is 101 Å². The van der Waals surface area contributed by atoms with Crippen LogP contribution >= 0.6 is 0 Å². The van der Waals surface area contributed by atoms with Gasteiger partial charge in [0, 0.05) is 6.42 Å². The molecule has 19 heavy (non-hydrogen) atoms. The number of hydrogen-bond acceptors (Lipinski definition) is 4. The second kappa shape index (κ2) is 5.62. The number of benzene rings is 1. The first kappa shape index (κ1) is 13.2. The lowest BCUT2D eigenvalue weighted by Gasteiger charge is -2.23. The lowest BCUT2D eigenvalue weighted by atomic mass is 10.0. The standard InChI is InChI=1S/C13H15N3O3/c14-11(8-4-2-1-3-5-8)13(19)15-9-6-7-10(17)16-12(9)18/h1-5,9,11H,6-7,14H2,(H,15,19)(H,16,17,18)/t9?,11-/m0/s1.